The van der Waals surface area contributed by atoms with Crippen molar-refractivity contribution in [2.24, 2.45) is 0 Å². The number of hydrogen-bond acceptors (Lipinski definition) is 4. The molecule has 1 saturated heterocycles. The Morgan fingerprint density at radius 3 is 2.04 bits per heavy atom. The first-order valence-corrected chi connectivity index (χ1v) is 10.2. The van der Waals surface area contributed by atoms with Gasteiger partial charge in [-0.15, -0.1) is 0 Å². The van der Waals surface area contributed by atoms with Crippen molar-refractivity contribution >= 4 is 21.8 Å². The van der Waals surface area contributed by atoms with Gasteiger partial charge in [0.05, 0.1) is 11.3 Å². The molecule has 2 rings (SSSR count). The van der Waals surface area contributed by atoms with Crippen LogP contribution in [0.5, 0.6) is 0 Å². The number of urea groups is 1. The summed E-state index contributed by atoms with van der Waals surface area (Å²) >= 11 is 0. The summed E-state index contributed by atoms with van der Waals surface area (Å²) in [5.74, 6) is -0.0176. The van der Waals surface area contributed by atoms with Crippen molar-refractivity contribution in [3.8, 4) is 0 Å². The molecule has 0 aromatic heterocycles. The Morgan fingerprint density at radius 1 is 1.04 bits per heavy atom. The normalized spacial score (nSPS) is 15.4. The molecule has 25 heavy (non-hydrogen) atoms. The number of hydrogen-bond donors (Lipinski definition) is 1. The third-order valence-electron chi connectivity index (χ3n) is 4.04. The van der Waals surface area contributed by atoms with E-state index < -0.39 is 9.84 Å². The van der Waals surface area contributed by atoms with E-state index in [1.54, 1.807) is 21.9 Å². The molecule has 0 saturated carbocycles. The Bertz CT molecular complexity index is 721. The predicted octanol–water partition coefficient (Wildman–Crippen LogP) is 0.895. The molecule has 0 radical (unpaired) electrons. The SMILES string of the molecule is CC(C)NC(=O)N1CCN(C(=O)Cc2ccc(S(C)(=O)=O)cc2)CC1. The fourth-order valence-corrected chi connectivity index (χ4v) is 3.27. The fourth-order valence-electron chi connectivity index (χ4n) is 2.64. The summed E-state index contributed by atoms with van der Waals surface area (Å²) in [6.07, 6.45) is 1.38. The summed E-state index contributed by atoms with van der Waals surface area (Å²) in [6, 6.07) is 6.36. The second-order valence-corrected chi connectivity index (χ2v) is 8.58. The lowest BCUT2D eigenvalue weighted by molar-refractivity contribution is -0.131. The Hall–Kier alpha value is -2.09. The molecule has 3 amide bonds. The van der Waals surface area contributed by atoms with Crippen LogP contribution in [0.2, 0.25) is 0 Å². The van der Waals surface area contributed by atoms with E-state index in [0.29, 0.717) is 26.2 Å². The van der Waals surface area contributed by atoms with Gasteiger partial charge in [0, 0.05) is 38.5 Å². The standard InChI is InChI=1S/C17H25N3O4S/c1-13(2)18-17(22)20-10-8-19(9-11-20)16(21)12-14-4-6-15(7-5-14)25(3,23)24/h4-7,13H,8-12H2,1-3H3,(H,18,22). The number of carbonyl (C=O) groups is 2. The van der Waals surface area contributed by atoms with Gasteiger partial charge in [-0.1, -0.05) is 12.1 Å². The zero-order valence-corrected chi connectivity index (χ0v) is 15.7. The highest BCUT2D eigenvalue weighted by molar-refractivity contribution is 7.90. The Balaban J connectivity index is 1.87. The first-order valence-electron chi connectivity index (χ1n) is 8.29. The van der Waals surface area contributed by atoms with Gasteiger partial charge in [0.25, 0.3) is 0 Å². The van der Waals surface area contributed by atoms with E-state index in [4.69, 9.17) is 0 Å². The molecular weight excluding hydrogens is 342 g/mol. The molecule has 1 fully saturated rings. The third-order valence-corrected chi connectivity index (χ3v) is 5.17. The summed E-state index contributed by atoms with van der Waals surface area (Å²) in [7, 11) is -3.23. The predicted molar refractivity (Wildman–Crippen MR) is 95.1 cm³/mol. The summed E-state index contributed by atoms with van der Waals surface area (Å²) in [5, 5.41) is 2.85. The zero-order chi connectivity index (χ0) is 18.6. The minimum atomic E-state index is -3.23. The van der Waals surface area contributed by atoms with Crippen molar-refractivity contribution in [2.45, 2.75) is 31.2 Å². The van der Waals surface area contributed by atoms with E-state index in [1.807, 2.05) is 13.8 Å². The number of sulfone groups is 1. The lowest BCUT2D eigenvalue weighted by Crippen LogP contribution is -2.54. The average molecular weight is 367 g/mol. The second kappa shape index (κ2) is 7.86. The van der Waals surface area contributed by atoms with Crippen LogP contribution in [0.3, 0.4) is 0 Å². The maximum absolute atomic E-state index is 12.4. The molecule has 138 valence electrons. The lowest BCUT2D eigenvalue weighted by Gasteiger charge is -2.35. The van der Waals surface area contributed by atoms with Gasteiger partial charge in [-0.25, -0.2) is 13.2 Å². The molecule has 8 heteroatoms. The molecule has 1 aliphatic heterocycles. The third kappa shape index (κ3) is 5.45. The maximum atomic E-state index is 12.4. The molecule has 1 aromatic rings. The molecule has 0 atom stereocenters. The van der Waals surface area contributed by atoms with Crippen LogP contribution in [-0.4, -0.2) is 68.6 Å². The van der Waals surface area contributed by atoms with Crippen LogP contribution in [0.15, 0.2) is 29.2 Å². The highest BCUT2D eigenvalue weighted by Gasteiger charge is 2.24. The van der Waals surface area contributed by atoms with Crippen LogP contribution >= 0.6 is 0 Å². The lowest BCUT2D eigenvalue weighted by atomic mass is 10.1. The van der Waals surface area contributed by atoms with E-state index in [9.17, 15) is 18.0 Å². The van der Waals surface area contributed by atoms with Crippen LogP contribution in [0.25, 0.3) is 0 Å². The van der Waals surface area contributed by atoms with Gasteiger partial charge in [0.2, 0.25) is 5.91 Å². The zero-order valence-electron chi connectivity index (χ0n) is 14.9. The van der Waals surface area contributed by atoms with E-state index in [2.05, 4.69) is 5.32 Å². The van der Waals surface area contributed by atoms with Gasteiger partial charge < -0.3 is 15.1 Å². The van der Waals surface area contributed by atoms with E-state index in [-0.39, 0.29) is 29.3 Å². The highest BCUT2D eigenvalue weighted by atomic mass is 32.2. The number of rotatable bonds is 4. The highest BCUT2D eigenvalue weighted by Crippen LogP contribution is 2.12. The van der Waals surface area contributed by atoms with Crippen LogP contribution in [0.1, 0.15) is 19.4 Å². The smallest absolute Gasteiger partial charge is 0.317 e. The van der Waals surface area contributed by atoms with E-state index >= 15 is 0 Å². The second-order valence-electron chi connectivity index (χ2n) is 6.56. The summed E-state index contributed by atoms with van der Waals surface area (Å²) in [4.78, 5) is 28.0. The van der Waals surface area contributed by atoms with Gasteiger partial charge in [-0.3, -0.25) is 4.79 Å². The van der Waals surface area contributed by atoms with E-state index in [0.717, 1.165) is 11.8 Å². The van der Waals surface area contributed by atoms with Crippen LogP contribution < -0.4 is 5.32 Å². The molecule has 1 heterocycles. The van der Waals surface area contributed by atoms with Gasteiger partial charge in [-0.2, -0.15) is 0 Å². The number of piperazine rings is 1. The average Bonchev–Trinajstić information content (AvgIpc) is 2.54. The van der Waals surface area contributed by atoms with Crippen molar-refractivity contribution in [3.05, 3.63) is 29.8 Å². The molecule has 1 aliphatic rings. The Labute approximate surface area is 148 Å². The van der Waals surface area contributed by atoms with Crippen molar-refractivity contribution < 1.29 is 18.0 Å². The minimum Gasteiger partial charge on any atom is -0.339 e. The van der Waals surface area contributed by atoms with Crippen LogP contribution in [-0.2, 0) is 21.1 Å². The van der Waals surface area contributed by atoms with Gasteiger partial charge in [0.1, 0.15) is 0 Å². The molecule has 0 aliphatic carbocycles. The largest absolute Gasteiger partial charge is 0.339 e. The molecular formula is C17H25N3O4S. The number of carbonyl (C=O) groups excluding carboxylic acids is 2. The van der Waals surface area contributed by atoms with Gasteiger partial charge in [-0.05, 0) is 31.5 Å². The fraction of sp³-hybridized carbons (Fsp3) is 0.529. The van der Waals surface area contributed by atoms with Gasteiger partial charge in [0.15, 0.2) is 9.84 Å². The summed E-state index contributed by atoms with van der Waals surface area (Å²) < 4.78 is 22.9. The summed E-state index contributed by atoms with van der Waals surface area (Å²) in [5.41, 5.74) is 0.775. The number of benzene rings is 1. The first-order chi connectivity index (χ1) is 11.7. The minimum absolute atomic E-state index is 0.0176. The molecule has 0 unspecified atom stereocenters. The molecule has 1 N–H and O–H groups in total. The molecule has 0 spiro atoms. The number of nitrogens with one attached hydrogen (secondary N) is 1. The topological polar surface area (TPSA) is 86.8 Å². The van der Waals surface area contributed by atoms with Gasteiger partial charge >= 0.3 is 6.03 Å². The molecule has 7 nitrogen and oxygen atoms in total. The van der Waals surface area contributed by atoms with Crippen LogP contribution in [0.4, 0.5) is 4.79 Å². The van der Waals surface area contributed by atoms with Crippen LogP contribution in [0, 0.1) is 0 Å². The van der Waals surface area contributed by atoms with Crippen molar-refractivity contribution in [3.63, 3.8) is 0 Å². The number of amides is 3. The Kier molecular flexibility index (Phi) is 6.05. The Morgan fingerprint density at radius 2 is 1.56 bits per heavy atom. The first kappa shape index (κ1) is 19.2. The van der Waals surface area contributed by atoms with Crippen molar-refractivity contribution in [2.75, 3.05) is 32.4 Å². The van der Waals surface area contributed by atoms with Crippen molar-refractivity contribution in [1.82, 2.24) is 15.1 Å². The molecule has 0 bridgehead atoms. The van der Waals surface area contributed by atoms with E-state index in [1.165, 1.54) is 12.1 Å². The maximum Gasteiger partial charge on any atom is 0.317 e. The molecule has 1 aromatic carbocycles. The summed E-state index contributed by atoms with van der Waals surface area (Å²) in [6.45, 7) is 5.85. The quantitative estimate of drug-likeness (QED) is 0.856. The number of nitrogens with zero attached hydrogens (tertiary/aromatic N) is 2. The monoisotopic (exact) mass is 367 g/mol. The van der Waals surface area contributed by atoms with Crippen molar-refractivity contribution in [1.29, 1.82) is 0 Å².